The van der Waals surface area contributed by atoms with Gasteiger partial charge in [0.2, 0.25) is 0 Å². The first kappa shape index (κ1) is 20.5. The average Bonchev–Trinajstić information content (AvgIpc) is 3.26. The molecule has 0 radical (unpaired) electrons. The Kier molecular flexibility index (Phi) is 5.60. The first-order valence-corrected chi connectivity index (χ1v) is 10.7. The minimum atomic E-state index is -0.586. The van der Waals surface area contributed by atoms with Gasteiger partial charge in [0, 0.05) is 17.6 Å². The fraction of sp³-hybridized carbons (Fsp3) is 0.391. The molecule has 0 aliphatic heterocycles. The van der Waals surface area contributed by atoms with E-state index in [1.807, 2.05) is 67.4 Å². The molecule has 3 aromatic rings. The van der Waals surface area contributed by atoms with Crippen molar-refractivity contribution in [3.05, 3.63) is 70.5 Å². The third kappa shape index (κ3) is 3.49. The summed E-state index contributed by atoms with van der Waals surface area (Å²) in [5.74, 6) is 1.27. The first-order valence-electron chi connectivity index (χ1n) is 10.3. The largest absolute Gasteiger partial charge is 0.329 e. The zero-order chi connectivity index (χ0) is 21.3. The standard InChI is InChI=1S/C23H26ClN5O/c1-16-12-14-23(15-13-16,28(3)21(30)18-8-5-4-6-9-18)22-25-26-27-29(22)20-11-7-10-19(24)17(20)2/h4-11,16H,12-15H2,1-3H3. The minimum absolute atomic E-state index is 0.0254. The van der Waals surface area contributed by atoms with Gasteiger partial charge >= 0.3 is 0 Å². The van der Waals surface area contributed by atoms with Crippen LogP contribution in [-0.4, -0.2) is 38.1 Å². The molecule has 156 valence electrons. The molecule has 1 fully saturated rings. The number of nitrogens with zero attached hydrogens (tertiary/aromatic N) is 5. The van der Waals surface area contributed by atoms with E-state index < -0.39 is 5.54 Å². The van der Waals surface area contributed by atoms with E-state index in [-0.39, 0.29) is 5.91 Å². The molecule has 0 spiro atoms. The summed E-state index contributed by atoms with van der Waals surface area (Å²) in [5.41, 5.74) is 1.82. The van der Waals surface area contributed by atoms with Crippen molar-refractivity contribution >= 4 is 17.5 Å². The van der Waals surface area contributed by atoms with Crippen molar-refractivity contribution < 1.29 is 4.79 Å². The number of aromatic nitrogens is 4. The Morgan fingerprint density at radius 3 is 2.53 bits per heavy atom. The molecular weight excluding hydrogens is 398 g/mol. The third-order valence-corrected chi connectivity index (χ3v) is 6.83. The van der Waals surface area contributed by atoms with Gasteiger partial charge in [-0.15, -0.1) is 5.10 Å². The van der Waals surface area contributed by atoms with Gasteiger partial charge in [-0.05, 0) is 78.8 Å². The van der Waals surface area contributed by atoms with Crippen molar-refractivity contribution in [2.45, 2.75) is 45.1 Å². The van der Waals surface area contributed by atoms with Gasteiger partial charge in [-0.3, -0.25) is 4.79 Å². The van der Waals surface area contributed by atoms with Gasteiger partial charge in [-0.2, -0.15) is 4.68 Å². The summed E-state index contributed by atoms with van der Waals surface area (Å²) in [7, 11) is 1.87. The van der Waals surface area contributed by atoms with E-state index in [1.165, 1.54) is 0 Å². The summed E-state index contributed by atoms with van der Waals surface area (Å²) in [6.07, 6.45) is 3.63. The summed E-state index contributed by atoms with van der Waals surface area (Å²) in [6, 6.07) is 15.1. The Bertz CT molecular complexity index is 1040. The van der Waals surface area contributed by atoms with Crippen LogP contribution in [0.25, 0.3) is 5.69 Å². The molecule has 1 aromatic heterocycles. The third-order valence-electron chi connectivity index (χ3n) is 6.42. The Hall–Kier alpha value is -2.73. The number of halogens is 1. The summed E-state index contributed by atoms with van der Waals surface area (Å²) < 4.78 is 1.76. The topological polar surface area (TPSA) is 63.9 Å². The molecule has 0 saturated heterocycles. The Morgan fingerprint density at radius 2 is 1.83 bits per heavy atom. The molecule has 4 rings (SSSR count). The van der Waals surface area contributed by atoms with E-state index in [0.717, 1.165) is 36.9 Å². The maximum absolute atomic E-state index is 13.4. The molecule has 0 unspecified atom stereocenters. The maximum Gasteiger partial charge on any atom is 0.254 e. The second kappa shape index (κ2) is 8.19. The van der Waals surface area contributed by atoms with Gasteiger partial charge < -0.3 is 4.90 Å². The average molecular weight is 424 g/mol. The van der Waals surface area contributed by atoms with E-state index in [1.54, 1.807) is 4.68 Å². The molecule has 6 nitrogen and oxygen atoms in total. The van der Waals surface area contributed by atoms with Crippen molar-refractivity contribution in [1.82, 2.24) is 25.1 Å². The van der Waals surface area contributed by atoms with Crippen LogP contribution in [0.1, 0.15) is 54.4 Å². The van der Waals surface area contributed by atoms with Crippen molar-refractivity contribution in [3.63, 3.8) is 0 Å². The van der Waals surface area contributed by atoms with Crippen LogP contribution in [0.2, 0.25) is 5.02 Å². The van der Waals surface area contributed by atoms with Gasteiger partial charge in [-0.1, -0.05) is 42.8 Å². The summed E-state index contributed by atoms with van der Waals surface area (Å²) >= 11 is 6.37. The lowest BCUT2D eigenvalue weighted by Gasteiger charge is -2.44. The van der Waals surface area contributed by atoms with Gasteiger partial charge in [-0.25, -0.2) is 0 Å². The van der Waals surface area contributed by atoms with Crippen LogP contribution in [0.3, 0.4) is 0 Å². The van der Waals surface area contributed by atoms with Crippen LogP contribution in [-0.2, 0) is 5.54 Å². The fourth-order valence-electron chi connectivity index (χ4n) is 4.38. The summed E-state index contributed by atoms with van der Waals surface area (Å²) in [6.45, 7) is 4.21. The van der Waals surface area contributed by atoms with Crippen molar-refractivity contribution in [2.24, 2.45) is 5.92 Å². The molecule has 0 N–H and O–H groups in total. The molecule has 1 amide bonds. The number of amides is 1. The number of rotatable bonds is 4. The Morgan fingerprint density at radius 1 is 1.13 bits per heavy atom. The van der Waals surface area contributed by atoms with Gasteiger partial charge in [0.1, 0.15) is 5.54 Å². The molecule has 7 heteroatoms. The highest BCUT2D eigenvalue weighted by molar-refractivity contribution is 6.31. The maximum atomic E-state index is 13.4. The number of tetrazole rings is 1. The molecule has 1 saturated carbocycles. The van der Waals surface area contributed by atoms with Crippen LogP contribution >= 0.6 is 11.6 Å². The molecule has 1 aliphatic rings. The van der Waals surface area contributed by atoms with E-state index in [9.17, 15) is 4.79 Å². The van der Waals surface area contributed by atoms with E-state index in [4.69, 9.17) is 11.6 Å². The van der Waals surface area contributed by atoms with Gasteiger partial charge in [0.15, 0.2) is 5.82 Å². The lowest BCUT2D eigenvalue weighted by atomic mass is 9.75. The molecule has 0 atom stereocenters. The highest BCUT2D eigenvalue weighted by atomic mass is 35.5. The number of hydrogen-bond donors (Lipinski definition) is 0. The zero-order valence-electron chi connectivity index (χ0n) is 17.5. The molecular formula is C23H26ClN5O. The lowest BCUT2D eigenvalue weighted by molar-refractivity contribution is 0.0327. The fourth-order valence-corrected chi connectivity index (χ4v) is 4.55. The summed E-state index contributed by atoms with van der Waals surface area (Å²) in [4.78, 5) is 15.3. The lowest BCUT2D eigenvalue weighted by Crippen LogP contribution is -2.50. The predicted octanol–water partition coefficient (Wildman–Crippen LogP) is 4.80. The van der Waals surface area contributed by atoms with E-state index in [2.05, 4.69) is 22.4 Å². The van der Waals surface area contributed by atoms with Crippen LogP contribution in [0.4, 0.5) is 0 Å². The molecule has 30 heavy (non-hydrogen) atoms. The highest BCUT2D eigenvalue weighted by Gasteiger charge is 2.46. The Balaban J connectivity index is 1.82. The number of carbonyl (C=O) groups excluding carboxylic acids is 1. The minimum Gasteiger partial charge on any atom is -0.329 e. The molecule has 1 heterocycles. The van der Waals surface area contributed by atoms with Crippen molar-refractivity contribution in [3.8, 4) is 5.69 Å². The van der Waals surface area contributed by atoms with Crippen LogP contribution < -0.4 is 0 Å². The zero-order valence-corrected chi connectivity index (χ0v) is 18.3. The van der Waals surface area contributed by atoms with Crippen LogP contribution in [0.15, 0.2) is 48.5 Å². The van der Waals surface area contributed by atoms with E-state index in [0.29, 0.717) is 22.3 Å². The Labute approximate surface area is 181 Å². The first-order chi connectivity index (χ1) is 14.4. The second-order valence-electron chi connectivity index (χ2n) is 8.24. The van der Waals surface area contributed by atoms with Gasteiger partial charge in [0.25, 0.3) is 5.91 Å². The normalized spacial score (nSPS) is 21.4. The number of benzene rings is 2. The SMILES string of the molecule is Cc1c(Cl)cccc1-n1nnnc1C1(N(C)C(=O)c2ccccc2)CCC(C)CC1. The van der Waals surface area contributed by atoms with E-state index >= 15 is 0 Å². The second-order valence-corrected chi connectivity index (χ2v) is 8.65. The van der Waals surface area contributed by atoms with Crippen LogP contribution in [0.5, 0.6) is 0 Å². The predicted molar refractivity (Wildman–Crippen MR) is 117 cm³/mol. The van der Waals surface area contributed by atoms with Gasteiger partial charge in [0.05, 0.1) is 5.69 Å². The monoisotopic (exact) mass is 423 g/mol. The highest BCUT2D eigenvalue weighted by Crippen LogP contribution is 2.44. The smallest absolute Gasteiger partial charge is 0.254 e. The quantitative estimate of drug-likeness (QED) is 0.604. The summed E-state index contributed by atoms with van der Waals surface area (Å²) in [5, 5.41) is 13.4. The number of hydrogen-bond acceptors (Lipinski definition) is 4. The molecule has 1 aliphatic carbocycles. The van der Waals surface area contributed by atoms with Crippen LogP contribution in [0, 0.1) is 12.8 Å². The molecule has 2 aromatic carbocycles. The number of carbonyl (C=O) groups is 1. The van der Waals surface area contributed by atoms with Crippen molar-refractivity contribution in [1.29, 1.82) is 0 Å². The van der Waals surface area contributed by atoms with Crippen molar-refractivity contribution in [2.75, 3.05) is 7.05 Å². The molecule has 0 bridgehead atoms.